The highest BCUT2D eigenvalue weighted by Gasteiger charge is 2.29. The van der Waals surface area contributed by atoms with Crippen molar-refractivity contribution in [3.8, 4) is 0 Å². The van der Waals surface area contributed by atoms with E-state index in [0.717, 1.165) is 37.8 Å². The summed E-state index contributed by atoms with van der Waals surface area (Å²) in [5.74, 6) is 1.42. The second-order valence-corrected chi connectivity index (χ2v) is 8.41. The number of nitrogens with one attached hydrogen (secondary N) is 2. The summed E-state index contributed by atoms with van der Waals surface area (Å²) in [7, 11) is -3.23. The molecule has 0 spiro atoms. The second kappa shape index (κ2) is 6.30. The quantitative estimate of drug-likeness (QED) is 0.705. The average Bonchev–Trinajstić information content (AvgIpc) is 3.31. The van der Waals surface area contributed by atoms with Crippen LogP contribution in [0.3, 0.4) is 0 Å². The van der Waals surface area contributed by atoms with Gasteiger partial charge in [-0.2, -0.15) is 12.7 Å². The van der Waals surface area contributed by atoms with Crippen LogP contribution in [0.25, 0.3) is 0 Å². The van der Waals surface area contributed by atoms with Gasteiger partial charge in [0.05, 0.1) is 0 Å². The Morgan fingerprint density at radius 1 is 0.950 bits per heavy atom. The first-order valence-corrected chi connectivity index (χ1v) is 9.55. The minimum Gasteiger partial charge on any atom is -0.314 e. The van der Waals surface area contributed by atoms with E-state index in [2.05, 4.69) is 10.0 Å². The van der Waals surface area contributed by atoms with E-state index < -0.39 is 10.2 Å². The Labute approximate surface area is 122 Å². The van der Waals surface area contributed by atoms with Crippen molar-refractivity contribution in [2.75, 3.05) is 26.2 Å². The number of piperidine rings is 1. The van der Waals surface area contributed by atoms with Crippen LogP contribution in [0.1, 0.15) is 44.9 Å². The maximum absolute atomic E-state index is 12.2. The predicted octanol–water partition coefficient (Wildman–Crippen LogP) is 1.08. The first-order chi connectivity index (χ1) is 9.63. The lowest BCUT2D eigenvalue weighted by Gasteiger charge is -2.31. The van der Waals surface area contributed by atoms with Gasteiger partial charge in [0.1, 0.15) is 0 Å². The standard InChI is InChI=1S/C14H27N3O2S/c18-20(19,16-8-5-12-1-2-12)17-9-6-13(7-10-17)11-15-14-3-4-14/h12-16H,1-11H2. The fourth-order valence-electron chi connectivity index (χ4n) is 2.86. The molecule has 0 aromatic rings. The zero-order valence-electron chi connectivity index (χ0n) is 12.2. The molecule has 0 amide bonds. The molecule has 0 aromatic carbocycles. The molecular weight excluding hydrogens is 274 g/mol. The molecule has 0 unspecified atom stereocenters. The maximum atomic E-state index is 12.2. The highest BCUT2D eigenvalue weighted by Crippen LogP contribution is 2.31. The maximum Gasteiger partial charge on any atom is 0.279 e. The molecule has 2 N–H and O–H groups in total. The summed E-state index contributed by atoms with van der Waals surface area (Å²) < 4.78 is 28.7. The molecule has 0 aromatic heterocycles. The third-order valence-corrected chi connectivity index (χ3v) is 6.33. The second-order valence-electron chi connectivity index (χ2n) is 6.66. The Hall–Kier alpha value is -0.170. The lowest BCUT2D eigenvalue weighted by Crippen LogP contribution is -2.46. The summed E-state index contributed by atoms with van der Waals surface area (Å²) in [5, 5.41) is 3.55. The van der Waals surface area contributed by atoms with E-state index in [1.54, 1.807) is 4.31 Å². The molecule has 20 heavy (non-hydrogen) atoms. The van der Waals surface area contributed by atoms with E-state index >= 15 is 0 Å². The van der Waals surface area contributed by atoms with Crippen molar-refractivity contribution in [3.05, 3.63) is 0 Å². The number of hydrogen-bond acceptors (Lipinski definition) is 3. The van der Waals surface area contributed by atoms with Crippen molar-refractivity contribution in [1.82, 2.24) is 14.3 Å². The molecule has 3 fully saturated rings. The lowest BCUT2D eigenvalue weighted by molar-refractivity contribution is 0.264. The SMILES string of the molecule is O=S(=O)(NCCC1CC1)N1CCC(CNC2CC2)CC1. The first kappa shape index (κ1) is 14.8. The zero-order valence-corrected chi connectivity index (χ0v) is 13.0. The molecule has 3 aliphatic rings. The normalized spacial score (nSPS) is 26.0. The van der Waals surface area contributed by atoms with E-state index in [1.807, 2.05) is 0 Å². The van der Waals surface area contributed by atoms with Crippen molar-refractivity contribution in [2.24, 2.45) is 11.8 Å². The van der Waals surface area contributed by atoms with Gasteiger partial charge in [0, 0.05) is 25.7 Å². The fraction of sp³-hybridized carbons (Fsp3) is 1.00. The van der Waals surface area contributed by atoms with E-state index in [4.69, 9.17) is 0 Å². The largest absolute Gasteiger partial charge is 0.314 e. The summed E-state index contributed by atoms with van der Waals surface area (Å²) in [6.07, 6.45) is 8.17. The monoisotopic (exact) mass is 301 g/mol. The third-order valence-electron chi connectivity index (χ3n) is 4.72. The van der Waals surface area contributed by atoms with Gasteiger partial charge in [-0.25, -0.2) is 4.72 Å². The first-order valence-electron chi connectivity index (χ1n) is 8.11. The highest BCUT2D eigenvalue weighted by molar-refractivity contribution is 7.87. The number of nitrogens with zero attached hydrogens (tertiary/aromatic N) is 1. The summed E-state index contributed by atoms with van der Waals surface area (Å²) in [5.41, 5.74) is 0. The summed E-state index contributed by atoms with van der Waals surface area (Å²) in [4.78, 5) is 0. The van der Waals surface area contributed by atoms with Gasteiger partial charge in [-0.3, -0.25) is 0 Å². The molecule has 2 saturated carbocycles. The van der Waals surface area contributed by atoms with Gasteiger partial charge in [0.2, 0.25) is 0 Å². The molecule has 116 valence electrons. The van der Waals surface area contributed by atoms with Crippen LogP contribution in [0, 0.1) is 11.8 Å². The van der Waals surface area contributed by atoms with Crippen molar-refractivity contribution in [3.63, 3.8) is 0 Å². The van der Waals surface area contributed by atoms with Gasteiger partial charge in [0.15, 0.2) is 0 Å². The Morgan fingerprint density at radius 3 is 2.25 bits per heavy atom. The Kier molecular flexibility index (Phi) is 4.65. The summed E-state index contributed by atoms with van der Waals surface area (Å²) in [6, 6.07) is 0.751. The van der Waals surface area contributed by atoms with Gasteiger partial charge in [-0.1, -0.05) is 12.8 Å². The molecule has 0 atom stereocenters. The Bertz CT molecular complexity index is 410. The van der Waals surface area contributed by atoms with Crippen molar-refractivity contribution in [1.29, 1.82) is 0 Å². The van der Waals surface area contributed by atoms with Gasteiger partial charge in [-0.05, 0) is 50.5 Å². The molecule has 1 saturated heterocycles. The molecule has 0 bridgehead atoms. The van der Waals surface area contributed by atoms with Crippen molar-refractivity contribution in [2.45, 2.75) is 51.0 Å². The topological polar surface area (TPSA) is 61.4 Å². The third kappa shape index (κ3) is 4.41. The number of hydrogen-bond donors (Lipinski definition) is 2. The fourth-order valence-corrected chi connectivity index (χ4v) is 4.11. The molecule has 1 aliphatic heterocycles. The van der Waals surface area contributed by atoms with Crippen LogP contribution in [0.2, 0.25) is 0 Å². The van der Waals surface area contributed by atoms with Crippen LogP contribution >= 0.6 is 0 Å². The molecule has 6 heteroatoms. The van der Waals surface area contributed by atoms with Crippen LogP contribution in [-0.2, 0) is 10.2 Å². The zero-order chi connectivity index (χ0) is 14.0. The number of rotatable bonds is 8. The predicted molar refractivity (Wildman–Crippen MR) is 79.6 cm³/mol. The van der Waals surface area contributed by atoms with Crippen molar-refractivity contribution >= 4 is 10.2 Å². The minimum absolute atomic E-state index is 0.607. The molecule has 0 radical (unpaired) electrons. The summed E-state index contributed by atoms with van der Waals surface area (Å²) >= 11 is 0. The summed E-state index contributed by atoms with van der Waals surface area (Å²) in [6.45, 7) is 3.02. The average molecular weight is 301 g/mol. The van der Waals surface area contributed by atoms with Gasteiger partial charge in [-0.15, -0.1) is 0 Å². The molecule has 5 nitrogen and oxygen atoms in total. The minimum atomic E-state index is -3.23. The van der Waals surface area contributed by atoms with Gasteiger partial charge in [0.25, 0.3) is 10.2 Å². The van der Waals surface area contributed by atoms with Crippen LogP contribution in [-0.4, -0.2) is 44.9 Å². The molecule has 1 heterocycles. The van der Waals surface area contributed by atoms with E-state index in [1.165, 1.54) is 25.7 Å². The van der Waals surface area contributed by atoms with Crippen LogP contribution < -0.4 is 10.0 Å². The van der Waals surface area contributed by atoms with Crippen LogP contribution in [0.4, 0.5) is 0 Å². The lowest BCUT2D eigenvalue weighted by atomic mass is 9.98. The van der Waals surface area contributed by atoms with Crippen LogP contribution in [0.5, 0.6) is 0 Å². The Morgan fingerprint density at radius 2 is 1.65 bits per heavy atom. The van der Waals surface area contributed by atoms with E-state index in [9.17, 15) is 8.42 Å². The van der Waals surface area contributed by atoms with Gasteiger partial charge >= 0.3 is 0 Å². The highest BCUT2D eigenvalue weighted by atomic mass is 32.2. The van der Waals surface area contributed by atoms with E-state index in [0.29, 0.717) is 25.6 Å². The molecule has 3 rings (SSSR count). The van der Waals surface area contributed by atoms with E-state index in [-0.39, 0.29) is 0 Å². The molecule has 2 aliphatic carbocycles. The molecular formula is C14H27N3O2S. The van der Waals surface area contributed by atoms with Crippen molar-refractivity contribution < 1.29 is 8.42 Å². The van der Waals surface area contributed by atoms with Gasteiger partial charge < -0.3 is 5.32 Å². The Balaban J connectivity index is 1.36. The van der Waals surface area contributed by atoms with Crippen LogP contribution in [0.15, 0.2) is 0 Å². The smallest absolute Gasteiger partial charge is 0.279 e.